The minimum Gasteiger partial charge on any atom is -0.493 e. The number of carbonyl (C=O) groups is 2. The van der Waals surface area contributed by atoms with Crippen LogP contribution in [0.15, 0.2) is 18.2 Å². The van der Waals surface area contributed by atoms with Crippen molar-refractivity contribution in [1.29, 1.82) is 0 Å². The van der Waals surface area contributed by atoms with Gasteiger partial charge in [0.15, 0.2) is 11.5 Å². The molecular weight excluding hydrogens is 346 g/mol. The molecule has 0 saturated carbocycles. The summed E-state index contributed by atoms with van der Waals surface area (Å²) in [5, 5.41) is 0. The van der Waals surface area contributed by atoms with Crippen LogP contribution in [0.25, 0.3) is 0 Å². The SMILES string of the molecule is CCN1CCN(C2CC(=O)N(CCc3ccc(OC)c(OC)c3)C2=O)CC1. The summed E-state index contributed by atoms with van der Waals surface area (Å²) < 4.78 is 10.6. The molecule has 0 spiro atoms. The largest absolute Gasteiger partial charge is 0.493 e. The van der Waals surface area contributed by atoms with E-state index in [4.69, 9.17) is 9.47 Å². The second kappa shape index (κ2) is 8.71. The van der Waals surface area contributed by atoms with E-state index in [0.29, 0.717) is 30.9 Å². The zero-order valence-corrected chi connectivity index (χ0v) is 16.4. The molecule has 0 N–H and O–H groups in total. The molecule has 0 aliphatic carbocycles. The van der Waals surface area contributed by atoms with Crippen molar-refractivity contribution in [2.75, 3.05) is 53.5 Å². The predicted molar refractivity (Wildman–Crippen MR) is 102 cm³/mol. The Morgan fingerprint density at radius 1 is 1.04 bits per heavy atom. The Balaban J connectivity index is 1.59. The number of likely N-dealkylation sites (tertiary alicyclic amines) is 1. The summed E-state index contributed by atoms with van der Waals surface area (Å²) in [5.41, 5.74) is 1.01. The zero-order valence-electron chi connectivity index (χ0n) is 16.4. The van der Waals surface area contributed by atoms with Crippen LogP contribution in [-0.4, -0.2) is 86.0 Å². The maximum atomic E-state index is 12.8. The van der Waals surface area contributed by atoms with E-state index in [1.807, 2.05) is 18.2 Å². The second-order valence-corrected chi connectivity index (χ2v) is 7.01. The molecule has 148 valence electrons. The molecule has 1 unspecified atom stereocenters. The minimum absolute atomic E-state index is 0.0505. The van der Waals surface area contributed by atoms with E-state index in [9.17, 15) is 9.59 Å². The van der Waals surface area contributed by atoms with E-state index in [0.717, 1.165) is 38.3 Å². The maximum Gasteiger partial charge on any atom is 0.247 e. The lowest BCUT2D eigenvalue weighted by Gasteiger charge is -2.36. The molecule has 2 amide bonds. The molecule has 0 aromatic heterocycles. The molecule has 2 saturated heterocycles. The molecular formula is C20H29N3O4. The van der Waals surface area contributed by atoms with Crippen molar-refractivity contribution in [3.8, 4) is 11.5 Å². The molecule has 1 atom stereocenters. The van der Waals surface area contributed by atoms with Crippen LogP contribution in [0.1, 0.15) is 18.9 Å². The number of carbonyl (C=O) groups excluding carboxylic acids is 2. The Labute approximate surface area is 160 Å². The molecule has 2 aliphatic rings. The van der Waals surface area contributed by atoms with Crippen molar-refractivity contribution in [3.63, 3.8) is 0 Å². The lowest BCUT2D eigenvalue weighted by atomic mass is 10.1. The van der Waals surface area contributed by atoms with Gasteiger partial charge in [-0.3, -0.25) is 19.4 Å². The summed E-state index contributed by atoms with van der Waals surface area (Å²) in [6.07, 6.45) is 0.908. The zero-order chi connectivity index (χ0) is 19.4. The van der Waals surface area contributed by atoms with Crippen molar-refractivity contribution >= 4 is 11.8 Å². The van der Waals surface area contributed by atoms with Crippen molar-refractivity contribution < 1.29 is 19.1 Å². The van der Waals surface area contributed by atoms with Crippen LogP contribution >= 0.6 is 0 Å². The minimum atomic E-state index is -0.290. The monoisotopic (exact) mass is 375 g/mol. The summed E-state index contributed by atoms with van der Waals surface area (Å²) in [7, 11) is 3.19. The third-order valence-electron chi connectivity index (χ3n) is 5.59. The molecule has 7 nitrogen and oxygen atoms in total. The lowest BCUT2D eigenvalue weighted by Crippen LogP contribution is -2.52. The Morgan fingerprint density at radius 3 is 2.37 bits per heavy atom. The summed E-state index contributed by atoms with van der Waals surface area (Å²) in [6.45, 7) is 7.19. The molecule has 0 bridgehead atoms. The fourth-order valence-corrected chi connectivity index (χ4v) is 3.85. The van der Waals surface area contributed by atoms with Crippen LogP contribution in [0.4, 0.5) is 0 Å². The Morgan fingerprint density at radius 2 is 1.74 bits per heavy atom. The van der Waals surface area contributed by atoms with Crippen LogP contribution in [0.2, 0.25) is 0 Å². The molecule has 1 aromatic carbocycles. The first kappa shape index (κ1) is 19.6. The van der Waals surface area contributed by atoms with Gasteiger partial charge in [-0.1, -0.05) is 13.0 Å². The molecule has 2 fully saturated rings. The van der Waals surface area contributed by atoms with Crippen LogP contribution < -0.4 is 9.47 Å². The maximum absolute atomic E-state index is 12.8. The molecule has 0 radical (unpaired) electrons. The highest BCUT2D eigenvalue weighted by Crippen LogP contribution is 2.28. The van der Waals surface area contributed by atoms with Gasteiger partial charge in [-0.25, -0.2) is 0 Å². The molecule has 7 heteroatoms. The highest BCUT2D eigenvalue weighted by Gasteiger charge is 2.42. The predicted octanol–water partition coefficient (Wildman–Crippen LogP) is 1.01. The van der Waals surface area contributed by atoms with E-state index in [2.05, 4.69) is 16.7 Å². The molecule has 1 aromatic rings. The summed E-state index contributed by atoms with van der Waals surface area (Å²) in [6, 6.07) is 5.39. The number of hydrogen-bond acceptors (Lipinski definition) is 6. The third kappa shape index (κ3) is 4.25. The average Bonchev–Trinajstić information content (AvgIpc) is 2.99. The summed E-state index contributed by atoms with van der Waals surface area (Å²) in [4.78, 5) is 31.2. The van der Waals surface area contributed by atoms with Gasteiger partial charge in [-0.05, 0) is 30.7 Å². The number of likely N-dealkylation sites (N-methyl/N-ethyl adjacent to an activating group) is 1. The van der Waals surface area contributed by atoms with Gasteiger partial charge in [0.2, 0.25) is 11.8 Å². The second-order valence-electron chi connectivity index (χ2n) is 7.01. The summed E-state index contributed by atoms with van der Waals surface area (Å²) in [5.74, 6) is 1.20. The van der Waals surface area contributed by atoms with E-state index >= 15 is 0 Å². The molecule has 27 heavy (non-hydrogen) atoms. The molecule has 3 rings (SSSR count). The van der Waals surface area contributed by atoms with Gasteiger partial charge in [0, 0.05) is 32.7 Å². The number of nitrogens with zero attached hydrogens (tertiary/aromatic N) is 3. The highest BCUT2D eigenvalue weighted by atomic mass is 16.5. The Hall–Kier alpha value is -2.12. The first-order valence-corrected chi connectivity index (χ1v) is 9.58. The van der Waals surface area contributed by atoms with Crippen molar-refractivity contribution in [2.45, 2.75) is 25.8 Å². The van der Waals surface area contributed by atoms with Gasteiger partial charge in [0.25, 0.3) is 0 Å². The van der Waals surface area contributed by atoms with E-state index in [-0.39, 0.29) is 17.9 Å². The van der Waals surface area contributed by atoms with Gasteiger partial charge in [-0.2, -0.15) is 0 Å². The molecule has 2 aliphatic heterocycles. The number of methoxy groups -OCH3 is 2. The first-order valence-electron chi connectivity index (χ1n) is 9.58. The van der Waals surface area contributed by atoms with Crippen LogP contribution in [0.3, 0.4) is 0 Å². The summed E-state index contributed by atoms with van der Waals surface area (Å²) >= 11 is 0. The number of benzene rings is 1. The van der Waals surface area contributed by atoms with E-state index in [1.54, 1.807) is 14.2 Å². The quantitative estimate of drug-likeness (QED) is 0.663. The van der Waals surface area contributed by atoms with Crippen LogP contribution in [-0.2, 0) is 16.0 Å². The van der Waals surface area contributed by atoms with Crippen molar-refractivity contribution in [2.24, 2.45) is 0 Å². The van der Waals surface area contributed by atoms with Gasteiger partial charge in [0.1, 0.15) is 0 Å². The van der Waals surface area contributed by atoms with Gasteiger partial charge < -0.3 is 14.4 Å². The topological polar surface area (TPSA) is 62.3 Å². The van der Waals surface area contributed by atoms with E-state index < -0.39 is 0 Å². The first-order chi connectivity index (χ1) is 13.1. The van der Waals surface area contributed by atoms with Gasteiger partial charge >= 0.3 is 0 Å². The third-order valence-corrected chi connectivity index (χ3v) is 5.59. The van der Waals surface area contributed by atoms with Crippen molar-refractivity contribution in [1.82, 2.24) is 14.7 Å². The molecule has 2 heterocycles. The normalized spacial score (nSPS) is 21.7. The number of hydrogen-bond donors (Lipinski definition) is 0. The van der Waals surface area contributed by atoms with Gasteiger partial charge in [0.05, 0.1) is 26.7 Å². The number of rotatable bonds is 7. The van der Waals surface area contributed by atoms with Crippen LogP contribution in [0.5, 0.6) is 11.5 Å². The fraction of sp³-hybridized carbons (Fsp3) is 0.600. The van der Waals surface area contributed by atoms with Gasteiger partial charge in [-0.15, -0.1) is 0 Å². The highest BCUT2D eigenvalue weighted by molar-refractivity contribution is 6.05. The lowest BCUT2D eigenvalue weighted by molar-refractivity contribution is -0.139. The number of imide groups is 1. The number of ether oxygens (including phenoxy) is 2. The standard InChI is InChI=1S/C20H29N3O4/c1-4-21-9-11-22(12-10-21)16-14-19(24)23(20(16)25)8-7-15-5-6-17(26-2)18(13-15)27-3/h5-6,13,16H,4,7-12,14H2,1-3H3. The average molecular weight is 375 g/mol. The van der Waals surface area contributed by atoms with E-state index in [1.165, 1.54) is 4.90 Å². The Kier molecular flexibility index (Phi) is 6.34. The smallest absolute Gasteiger partial charge is 0.247 e. The number of piperazine rings is 1. The fourth-order valence-electron chi connectivity index (χ4n) is 3.85. The Bertz CT molecular complexity index is 686. The van der Waals surface area contributed by atoms with Crippen molar-refractivity contribution in [3.05, 3.63) is 23.8 Å². The van der Waals surface area contributed by atoms with Crippen LogP contribution in [0, 0.1) is 0 Å². The number of amides is 2.